The van der Waals surface area contributed by atoms with Crippen molar-refractivity contribution in [2.75, 3.05) is 0 Å². The molecule has 0 aliphatic rings. The summed E-state index contributed by atoms with van der Waals surface area (Å²) < 4.78 is 0. The van der Waals surface area contributed by atoms with Crippen LogP contribution in [0.1, 0.15) is 38.4 Å². The Morgan fingerprint density at radius 1 is 1.17 bits per heavy atom. The predicted molar refractivity (Wildman–Crippen MR) is 71.9 cm³/mol. The molecule has 0 bridgehead atoms. The summed E-state index contributed by atoms with van der Waals surface area (Å²) in [6, 6.07) is 3.83. The van der Waals surface area contributed by atoms with Gasteiger partial charge in [-0.2, -0.15) is 0 Å². The maximum absolute atomic E-state index is 11.2. The molecule has 18 heavy (non-hydrogen) atoms. The average Bonchev–Trinajstić information content (AvgIpc) is 2.87. The molecule has 0 unspecified atom stereocenters. The van der Waals surface area contributed by atoms with Crippen molar-refractivity contribution in [3.63, 3.8) is 0 Å². The lowest BCUT2D eigenvalue weighted by atomic mass is 10.1. The summed E-state index contributed by atoms with van der Waals surface area (Å²) in [4.78, 5) is 24.6. The summed E-state index contributed by atoms with van der Waals surface area (Å²) in [5, 5.41) is 0. The minimum Gasteiger partial charge on any atom is -0.342 e. The fraction of sp³-hybridized carbons (Fsp3) is 0.385. The molecule has 3 N–H and O–H groups in total. The molecule has 3 rings (SSSR count). The van der Waals surface area contributed by atoms with E-state index in [1.165, 1.54) is 0 Å². The molecule has 0 spiro atoms. The van der Waals surface area contributed by atoms with Gasteiger partial charge in [-0.1, -0.05) is 20.3 Å². The highest BCUT2D eigenvalue weighted by atomic mass is 16.1. The van der Waals surface area contributed by atoms with Gasteiger partial charge in [-0.15, -0.1) is 0 Å². The van der Waals surface area contributed by atoms with Gasteiger partial charge >= 0.3 is 5.69 Å². The fourth-order valence-electron chi connectivity index (χ4n) is 2.36. The Hall–Kier alpha value is -2.04. The average molecular weight is 244 g/mol. The van der Waals surface area contributed by atoms with Crippen LogP contribution in [-0.2, 0) is 0 Å². The molecule has 0 amide bonds. The van der Waals surface area contributed by atoms with Gasteiger partial charge in [0, 0.05) is 5.92 Å². The second-order valence-corrected chi connectivity index (χ2v) is 4.81. The van der Waals surface area contributed by atoms with Gasteiger partial charge in [0.1, 0.15) is 5.82 Å². The van der Waals surface area contributed by atoms with Gasteiger partial charge in [0.2, 0.25) is 0 Å². The van der Waals surface area contributed by atoms with Crippen LogP contribution in [-0.4, -0.2) is 19.9 Å². The highest BCUT2D eigenvalue weighted by molar-refractivity contribution is 5.91. The Bertz CT molecular complexity index is 695. The predicted octanol–water partition coefficient (Wildman–Crippen LogP) is 2.64. The molecule has 3 aromatic rings. The molecule has 0 fully saturated rings. The number of aromatic nitrogens is 4. The summed E-state index contributed by atoms with van der Waals surface area (Å²) in [6.45, 7) is 4.35. The van der Waals surface area contributed by atoms with E-state index in [9.17, 15) is 4.79 Å². The number of aromatic amines is 3. The van der Waals surface area contributed by atoms with Gasteiger partial charge in [-0.05, 0) is 18.6 Å². The van der Waals surface area contributed by atoms with E-state index < -0.39 is 0 Å². The molecular weight excluding hydrogens is 228 g/mol. The third-order valence-corrected chi connectivity index (χ3v) is 3.32. The van der Waals surface area contributed by atoms with E-state index in [2.05, 4.69) is 33.8 Å². The Balaban J connectivity index is 2.14. The van der Waals surface area contributed by atoms with Gasteiger partial charge < -0.3 is 15.0 Å². The minimum atomic E-state index is -0.183. The Morgan fingerprint density at radius 3 is 2.61 bits per heavy atom. The number of hydrogen-bond donors (Lipinski definition) is 3. The molecule has 5 nitrogen and oxygen atoms in total. The molecule has 0 saturated heterocycles. The number of hydrogen-bond acceptors (Lipinski definition) is 2. The van der Waals surface area contributed by atoms with E-state index >= 15 is 0 Å². The first-order chi connectivity index (χ1) is 8.67. The number of imidazole rings is 2. The van der Waals surface area contributed by atoms with Crippen molar-refractivity contribution in [2.45, 2.75) is 32.6 Å². The van der Waals surface area contributed by atoms with Crippen LogP contribution in [0.4, 0.5) is 0 Å². The molecule has 1 atom stereocenters. The second kappa shape index (κ2) is 4.01. The normalized spacial score (nSPS) is 13.4. The Kier molecular flexibility index (Phi) is 2.47. The largest absolute Gasteiger partial charge is 0.342 e. The van der Waals surface area contributed by atoms with E-state index in [1.54, 1.807) is 0 Å². The molecule has 1 aromatic carbocycles. The molecule has 0 saturated carbocycles. The highest BCUT2D eigenvalue weighted by Gasteiger charge is 2.11. The maximum Gasteiger partial charge on any atom is 0.323 e. The van der Waals surface area contributed by atoms with Crippen molar-refractivity contribution in [3.8, 4) is 0 Å². The quantitative estimate of drug-likeness (QED) is 0.662. The van der Waals surface area contributed by atoms with E-state index in [-0.39, 0.29) is 5.69 Å². The zero-order valence-corrected chi connectivity index (χ0v) is 10.5. The van der Waals surface area contributed by atoms with Crippen LogP contribution in [0.5, 0.6) is 0 Å². The summed E-state index contributed by atoms with van der Waals surface area (Å²) in [7, 11) is 0. The van der Waals surface area contributed by atoms with Gasteiger partial charge in [0.25, 0.3) is 0 Å². The van der Waals surface area contributed by atoms with Gasteiger partial charge in [-0.25, -0.2) is 9.78 Å². The first kappa shape index (κ1) is 11.1. The Morgan fingerprint density at radius 2 is 1.89 bits per heavy atom. The molecule has 2 heterocycles. The van der Waals surface area contributed by atoms with Crippen molar-refractivity contribution in [2.24, 2.45) is 0 Å². The van der Waals surface area contributed by atoms with Crippen LogP contribution >= 0.6 is 0 Å². The number of nitrogens with one attached hydrogen (secondary N) is 3. The molecule has 94 valence electrons. The SMILES string of the molecule is CCC[C@@H](C)c1nc2cc3[nH]c(=O)[nH]c3cc2[nH]1. The molecule has 0 radical (unpaired) electrons. The van der Waals surface area contributed by atoms with Crippen LogP contribution < -0.4 is 5.69 Å². The minimum absolute atomic E-state index is 0.183. The maximum atomic E-state index is 11.2. The molecule has 0 aliphatic carbocycles. The summed E-state index contributed by atoms with van der Waals surface area (Å²) in [5.74, 6) is 1.45. The van der Waals surface area contributed by atoms with Crippen LogP contribution in [0.3, 0.4) is 0 Å². The van der Waals surface area contributed by atoms with Crippen LogP contribution in [0.25, 0.3) is 22.1 Å². The summed E-state index contributed by atoms with van der Waals surface area (Å²) >= 11 is 0. The Labute approximate surface area is 104 Å². The number of benzene rings is 1. The van der Waals surface area contributed by atoms with Crippen molar-refractivity contribution in [1.82, 2.24) is 19.9 Å². The monoisotopic (exact) mass is 244 g/mol. The van der Waals surface area contributed by atoms with Crippen molar-refractivity contribution >= 4 is 22.1 Å². The summed E-state index contributed by atoms with van der Waals surface area (Å²) in [5.41, 5.74) is 3.29. The van der Waals surface area contributed by atoms with Gasteiger partial charge in [-0.3, -0.25) is 0 Å². The number of rotatable bonds is 3. The third-order valence-electron chi connectivity index (χ3n) is 3.32. The fourth-order valence-corrected chi connectivity index (χ4v) is 2.36. The first-order valence-corrected chi connectivity index (χ1v) is 6.29. The molecule has 2 aromatic heterocycles. The smallest absolute Gasteiger partial charge is 0.323 e. The van der Waals surface area contributed by atoms with E-state index in [0.29, 0.717) is 5.92 Å². The van der Waals surface area contributed by atoms with E-state index in [1.807, 2.05) is 12.1 Å². The van der Waals surface area contributed by atoms with Gasteiger partial charge in [0.05, 0.1) is 22.1 Å². The number of fused-ring (bicyclic) bond motifs is 2. The molecular formula is C13H16N4O. The van der Waals surface area contributed by atoms with E-state index in [0.717, 1.165) is 40.7 Å². The molecule has 0 aliphatic heterocycles. The van der Waals surface area contributed by atoms with Crippen LogP contribution in [0.2, 0.25) is 0 Å². The second-order valence-electron chi connectivity index (χ2n) is 4.81. The third kappa shape index (κ3) is 1.72. The lowest BCUT2D eigenvalue weighted by Crippen LogP contribution is -1.99. The number of H-pyrrole nitrogens is 3. The number of nitrogens with zero attached hydrogens (tertiary/aromatic N) is 1. The van der Waals surface area contributed by atoms with E-state index in [4.69, 9.17) is 0 Å². The highest BCUT2D eigenvalue weighted by Crippen LogP contribution is 2.23. The van der Waals surface area contributed by atoms with Gasteiger partial charge in [0.15, 0.2) is 0 Å². The topological polar surface area (TPSA) is 77.3 Å². The van der Waals surface area contributed by atoms with Crippen LogP contribution in [0.15, 0.2) is 16.9 Å². The standard InChI is InChI=1S/C13H16N4O/c1-3-4-7(2)12-14-8-5-10-11(6-9(8)15-12)17-13(18)16-10/h5-7H,3-4H2,1-2H3,(H,14,15)(H2,16,17,18)/t7-/m1/s1. The zero-order valence-electron chi connectivity index (χ0n) is 10.5. The van der Waals surface area contributed by atoms with Crippen LogP contribution in [0, 0.1) is 0 Å². The lowest BCUT2D eigenvalue weighted by molar-refractivity contribution is 0.636. The molecule has 5 heteroatoms. The summed E-state index contributed by atoms with van der Waals surface area (Å²) in [6.07, 6.45) is 2.26. The zero-order chi connectivity index (χ0) is 12.7. The van der Waals surface area contributed by atoms with Crippen molar-refractivity contribution in [3.05, 3.63) is 28.4 Å². The first-order valence-electron chi connectivity index (χ1n) is 6.29. The lowest BCUT2D eigenvalue weighted by Gasteiger charge is -2.04. The van der Waals surface area contributed by atoms with Crippen molar-refractivity contribution in [1.29, 1.82) is 0 Å². The van der Waals surface area contributed by atoms with Crippen molar-refractivity contribution < 1.29 is 0 Å².